The zero-order chi connectivity index (χ0) is 79.9. The molecule has 7 aliphatic rings. The molecule has 608 valence electrons. The van der Waals surface area contributed by atoms with Crippen LogP contribution in [-0.2, 0) is 115 Å². The predicted molar refractivity (Wildman–Crippen MR) is 433 cm³/mol. The van der Waals surface area contributed by atoms with Gasteiger partial charge in [0, 0.05) is 279 Å². The summed E-state index contributed by atoms with van der Waals surface area (Å²) >= 11 is 0. The maximum Gasteiger partial charge on any atom is 0.227 e. The highest BCUT2D eigenvalue weighted by molar-refractivity contribution is 7.88. The molecule has 12 rings (SSSR count). The number of nitrogens with zero attached hydrogens (tertiary/aromatic N) is 12. The number of piperazine rings is 3. The van der Waals surface area contributed by atoms with Crippen LogP contribution in [0.1, 0.15) is 67.3 Å². The SMILES string of the molecule is COCc1cc(N(C)C(C)=O)ccc1N1CCN(S(C)(=O)=O)CC1.COCc1cc(N(C)C(C)=O)ccc1N1CCOCC1.COCc1cc(N)ccc1N1CCN(S(C)(=O)=O)CC1.COCc1cc(N2CCCC2=O)ccc1N1CCN(S(C)(=O)=O)CC1.COCc1cc(N2CCCC2=O)ccc1N1CCOCC1. The quantitative estimate of drug-likeness (QED) is 0.0790. The summed E-state index contributed by atoms with van der Waals surface area (Å²) in [6, 6.07) is 29.9. The van der Waals surface area contributed by atoms with Gasteiger partial charge < -0.3 is 83.0 Å². The second-order valence-corrected chi connectivity index (χ2v) is 33.9. The summed E-state index contributed by atoms with van der Waals surface area (Å²) in [7, 11) is 2.46. The number of methoxy groups -OCH3 is 5. The van der Waals surface area contributed by atoms with E-state index in [1.165, 1.54) is 44.3 Å². The van der Waals surface area contributed by atoms with E-state index in [4.69, 9.17) is 38.9 Å². The summed E-state index contributed by atoms with van der Waals surface area (Å²) in [6.45, 7) is 20.6. The summed E-state index contributed by atoms with van der Waals surface area (Å²) in [4.78, 5) is 65.0. The molecule has 0 unspecified atom stereocenters. The van der Waals surface area contributed by atoms with Crippen molar-refractivity contribution in [3.8, 4) is 0 Å². The highest BCUT2D eigenvalue weighted by Crippen LogP contribution is 2.35. The van der Waals surface area contributed by atoms with Gasteiger partial charge in [-0.25, -0.2) is 25.3 Å². The van der Waals surface area contributed by atoms with Gasteiger partial charge in [-0.15, -0.1) is 0 Å². The lowest BCUT2D eigenvalue weighted by Crippen LogP contribution is -2.48. The van der Waals surface area contributed by atoms with Crippen LogP contribution in [0.15, 0.2) is 91.0 Å². The molecule has 30 nitrogen and oxygen atoms in total. The smallest absolute Gasteiger partial charge is 0.227 e. The molecule has 0 aliphatic carbocycles. The lowest BCUT2D eigenvalue weighted by Gasteiger charge is -2.36. The van der Waals surface area contributed by atoms with Crippen molar-refractivity contribution < 1.29 is 77.6 Å². The summed E-state index contributed by atoms with van der Waals surface area (Å²) < 4.78 is 111. The van der Waals surface area contributed by atoms with Gasteiger partial charge in [-0.3, -0.25) is 19.2 Å². The van der Waals surface area contributed by atoms with E-state index in [0.29, 0.717) is 130 Å². The fourth-order valence-corrected chi connectivity index (χ4v) is 16.6. The van der Waals surface area contributed by atoms with Crippen molar-refractivity contribution in [1.82, 2.24) is 12.9 Å². The average molecular weight is 1590 g/mol. The van der Waals surface area contributed by atoms with Crippen molar-refractivity contribution >= 4 is 111 Å². The van der Waals surface area contributed by atoms with Gasteiger partial charge in [0.15, 0.2) is 0 Å². The molecule has 7 aliphatic heterocycles. The predicted octanol–water partition coefficient (Wildman–Crippen LogP) is 5.88. The Hall–Kier alpha value is -7.77. The number of nitrogen functional groups attached to an aromatic ring is 1. The highest BCUT2D eigenvalue weighted by atomic mass is 32.2. The van der Waals surface area contributed by atoms with E-state index in [9.17, 15) is 44.4 Å². The molecule has 0 bridgehead atoms. The fourth-order valence-electron chi connectivity index (χ4n) is 14.1. The van der Waals surface area contributed by atoms with Crippen molar-refractivity contribution in [2.75, 3.05) is 262 Å². The first-order valence-corrected chi connectivity index (χ1v) is 42.7. The number of carbonyl (C=O) groups is 4. The molecular weight excluding hydrogens is 1480 g/mol. The Morgan fingerprint density at radius 2 is 0.645 bits per heavy atom. The number of sulfonamides is 3. The maximum atomic E-state index is 12.0. The number of carbonyl (C=O) groups excluding carboxylic acids is 4. The number of nitrogens with two attached hydrogens (primary N) is 1. The van der Waals surface area contributed by atoms with Gasteiger partial charge in [0.2, 0.25) is 53.7 Å². The van der Waals surface area contributed by atoms with Gasteiger partial charge in [-0.05, 0) is 104 Å². The zero-order valence-corrected chi connectivity index (χ0v) is 68.6. The molecule has 0 aromatic heterocycles. The second kappa shape index (κ2) is 41.7. The lowest BCUT2D eigenvalue weighted by molar-refractivity contribution is -0.117. The molecule has 4 amide bonds. The molecule has 7 fully saturated rings. The first-order chi connectivity index (χ1) is 52.5. The molecule has 7 saturated heterocycles. The average Bonchev–Trinajstić information content (AvgIpc) is 1.29. The molecule has 33 heteroatoms. The van der Waals surface area contributed by atoms with Crippen molar-refractivity contribution in [1.29, 1.82) is 0 Å². The first kappa shape index (κ1) is 87.8. The van der Waals surface area contributed by atoms with Gasteiger partial charge in [0.25, 0.3) is 0 Å². The third-order valence-electron chi connectivity index (χ3n) is 20.2. The Kier molecular flexibility index (Phi) is 33.3. The third-order valence-corrected chi connectivity index (χ3v) is 24.1. The van der Waals surface area contributed by atoms with Crippen molar-refractivity contribution in [3.63, 3.8) is 0 Å². The van der Waals surface area contributed by atoms with E-state index >= 15 is 0 Å². The van der Waals surface area contributed by atoms with E-state index in [1.54, 1.807) is 66.4 Å². The van der Waals surface area contributed by atoms with Crippen LogP contribution in [0.2, 0.25) is 0 Å². The number of ether oxygens (including phenoxy) is 7. The van der Waals surface area contributed by atoms with Crippen LogP contribution < -0.4 is 49.8 Å². The molecule has 0 spiro atoms. The molecule has 0 saturated carbocycles. The van der Waals surface area contributed by atoms with Gasteiger partial charge >= 0.3 is 0 Å². The molecule has 110 heavy (non-hydrogen) atoms. The summed E-state index contributed by atoms with van der Waals surface area (Å²) in [5.74, 6) is 0.371. The van der Waals surface area contributed by atoms with Crippen LogP contribution in [0.3, 0.4) is 0 Å². The van der Waals surface area contributed by atoms with E-state index < -0.39 is 30.1 Å². The minimum atomic E-state index is -3.14. The number of hydrogen-bond acceptors (Lipinski definition) is 23. The van der Waals surface area contributed by atoms with Crippen LogP contribution in [0.25, 0.3) is 0 Å². The number of morpholine rings is 2. The Balaban J connectivity index is 0.000000173. The van der Waals surface area contributed by atoms with Crippen LogP contribution in [0, 0.1) is 0 Å². The maximum absolute atomic E-state index is 12.0. The third kappa shape index (κ3) is 24.6. The van der Waals surface area contributed by atoms with Crippen molar-refractivity contribution in [2.24, 2.45) is 0 Å². The van der Waals surface area contributed by atoms with Gasteiger partial charge in [-0.2, -0.15) is 12.9 Å². The Labute approximate surface area is 651 Å². The van der Waals surface area contributed by atoms with E-state index in [2.05, 4.69) is 42.7 Å². The summed E-state index contributed by atoms with van der Waals surface area (Å²) in [6.07, 6.45) is 6.85. The lowest BCUT2D eigenvalue weighted by atomic mass is 10.1. The van der Waals surface area contributed by atoms with Gasteiger partial charge in [0.1, 0.15) is 0 Å². The van der Waals surface area contributed by atoms with E-state index in [1.807, 2.05) is 82.6 Å². The summed E-state index contributed by atoms with van der Waals surface area (Å²) in [5, 5.41) is 0. The van der Waals surface area contributed by atoms with Crippen molar-refractivity contribution in [2.45, 2.75) is 72.6 Å². The Morgan fingerprint density at radius 1 is 0.382 bits per heavy atom. The summed E-state index contributed by atoms with van der Waals surface area (Å²) in [5.41, 5.74) is 20.9. The number of hydrogen-bond donors (Lipinski definition) is 1. The number of benzene rings is 5. The molecule has 5 aromatic carbocycles. The number of anilines is 10. The number of rotatable bonds is 22. The number of amides is 4. The molecule has 5 aromatic rings. The van der Waals surface area contributed by atoms with Crippen molar-refractivity contribution in [3.05, 3.63) is 119 Å². The first-order valence-electron chi connectivity index (χ1n) is 37.2. The van der Waals surface area contributed by atoms with Gasteiger partial charge in [-0.1, -0.05) is 0 Å². The van der Waals surface area contributed by atoms with E-state index in [0.717, 1.165) is 152 Å². The molecule has 0 radical (unpaired) electrons. The molecule has 2 N–H and O–H groups in total. The Bertz CT molecular complexity index is 4220. The zero-order valence-electron chi connectivity index (χ0n) is 66.2. The largest absolute Gasteiger partial charge is 0.399 e. The topological polar surface area (TPSA) is 300 Å². The fraction of sp³-hybridized carbons (Fsp3) is 0.558. The monoisotopic (exact) mass is 1590 g/mol. The van der Waals surface area contributed by atoms with E-state index in [-0.39, 0.29) is 23.6 Å². The standard InChI is InChI=1S/C17H25N3O4S.C16H25N3O4S.C16H22N2O3.C15H22N2O3.C13H21N3O3S/c1-24-13-14-12-15(20-7-3-4-17(20)21)5-6-16(14)18-8-10-19(11-9-18)25(2,22)23;1-13(20)17(2)15-5-6-16(14(11-15)12-23-3)18-7-9-19(10-8-18)24(4,21)22;1-20-12-13-11-14(18-6-2-3-16(18)19)4-5-15(13)17-7-9-21-10-8-17;1-12(18)16(2)14-4-5-15(13(10-14)11-19-3)17-6-8-20-9-7-17;1-19-10-11-9-12(14)3-4-13(11)15-5-7-16(8-6-15)20(2,17)18/h5-6,12H,3-4,7-11,13H2,1-2H3;5-6,11H,7-10,12H2,1-4H3;4-5,11H,2-3,6-10,12H2,1H3;4-5,10H,6-9,11H2,1-3H3;3-4,9H,5-8,10,14H2,1-2H3. The Morgan fingerprint density at radius 3 is 0.909 bits per heavy atom. The molecular formula is C77H115N13O17S3. The minimum absolute atomic E-state index is 0.0208. The van der Waals surface area contributed by atoms with Crippen LogP contribution >= 0.6 is 0 Å². The normalized spacial score (nSPS) is 17.7. The molecule has 7 heterocycles. The van der Waals surface area contributed by atoms with Crippen LogP contribution in [0.5, 0.6) is 0 Å². The van der Waals surface area contributed by atoms with Crippen LogP contribution in [-0.4, -0.2) is 274 Å². The van der Waals surface area contributed by atoms with Gasteiger partial charge in [0.05, 0.1) is 78.2 Å². The van der Waals surface area contributed by atoms with Crippen LogP contribution in [0.4, 0.5) is 56.9 Å². The minimum Gasteiger partial charge on any atom is -0.399 e. The highest BCUT2D eigenvalue weighted by Gasteiger charge is 2.31. The molecule has 0 atom stereocenters. The second-order valence-electron chi connectivity index (χ2n) is 27.9.